The maximum atomic E-state index is 13.0. The summed E-state index contributed by atoms with van der Waals surface area (Å²) in [5, 5.41) is 14.6. The third kappa shape index (κ3) is 7.20. The number of rotatable bonds is 12. The number of aromatic nitrogens is 2. The quantitative estimate of drug-likeness (QED) is 0.322. The van der Waals surface area contributed by atoms with Crippen LogP contribution in [-0.2, 0) is 0 Å². The van der Waals surface area contributed by atoms with Crippen molar-refractivity contribution in [2.75, 3.05) is 62.4 Å². The number of amides is 1. The first-order valence-electron chi connectivity index (χ1n) is 14.4. The molecule has 2 aromatic heterocycles. The maximum Gasteiger partial charge on any atom is 0.270 e. The highest BCUT2D eigenvalue weighted by molar-refractivity contribution is 5.98. The number of nitrogens with one attached hydrogen (secondary N) is 3. The second-order valence-electron chi connectivity index (χ2n) is 11.5. The van der Waals surface area contributed by atoms with Crippen LogP contribution in [0.15, 0.2) is 36.8 Å². The Morgan fingerprint density at radius 3 is 2.49 bits per heavy atom. The molecule has 212 valence electrons. The number of carbonyl (C=O) groups is 1. The first kappa shape index (κ1) is 28.7. The van der Waals surface area contributed by atoms with Crippen LogP contribution in [0.5, 0.6) is 0 Å². The largest absolute Gasteiger partial charge is 0.368 e. The van der Waals surface area contributed by atoms with Gasteiger partial charge in [0.15, 0.2) is 0 Å². The highest BCUT2D eigenvalue weighted by Gasteiger charge is 2.28. The highest BCUT2D eigenvalue weighted by Crippen LogP contribution is 2.36. The van der Waals surface area contributed by atoms with E-state index in [0.29, 0.717) is 22.9 Å². The molecule has 3 heterocycles. The summed E-state index contributed by atoms with van der Waals surface area (Å²) in [5.74, 6) is 2.68. The molecule has 1 aliphatic heterocycles. The summed E-state index contributed by atoms with van der Waals surface area (Å²) in [4.78, 5) is 24.2. The van der Waals surface area contributed by atoms with Gasteiger partial charge in [-0.05, 0) is 56.3 Å². The fourth-order valence-corrected chi connectivity index (χ4v) is 5.65. The molecule has 2 fully saturated rings. The lowest BCUT2D eigenvalue weighted by molar-refractivity contribution is 0.0815. The van der Waals surface area contributed by atoms with Gasteiger partial charge in [-0.1, -0.05) is 33.3 Å². The van der Waals surface area contributed by atoms with Crippen molar-refractivity contribution in [3.05, 3.63) is 48.1 Å². The van der Waals surface area contributed by atoms with Gasteiger partial charge >= 0.3 is 0 Å². The van der Waals surface area contributed by atoms with E-state index in [9.17, 15) is 4.79 Å². The smallest absolute Gasteiger partial charge is 0.270 e. The van der Waals surface area contributed by atoms with E-state index in [2.05, 4.69) is 56.5 Å². The number of hydrogen-bond donors (Lipinski definition) is 3. The highest BCUT2D eigenvalue weighted by atomic mass is 16.2. The summed E-state index contributed by atoms with van der Waals surface area (Å²) in [7, 11) is 3.52. The van der Waals surface area contributed by atoms with Gasteiger partial charge in [0, 0.05) is 58.1 Å². The summed E-state index contributed by atoms with van der Waals surface area (Å²) in [6.07, 6.45) is 10.1. The number of pyridine rings is 1. The molecule has 1 saturated carbocycles. The minimum Gasteiger partial charge on any atom is -0.368 e. The van der Waals surface area contributed by atoms with Gasteiger partial charge in [-0.2, -0.15) is 0 Å². The van der Waals surface area contributed by atoms with Crippen LogP contribution in [0.1, 0.15) is 74.5 Å². The molecule has 1 amide bonds. The Balaban J connectivity index is 1.38. The Morgan fingerprint density at radius 2 is 1.90 bits per heavy atom. The first-order chi connectivity index (χ1) is 18.8. The molecule has 4 rings (SSSR count). The minimum atomic E-state index is -0.0646. The van der Waals surface area contributed by atoms with Crippen LogP contribution < -0.4 is 15.5 Å². The summed E-state index contributed by atoms with van der Waals surface area (Å²) < 4.78 is 2.07. The van der Waals surface area contributed by atoms with Crippen LogP contribution in [0.3, 0.4) is 0 Å². The monoisotopic (exact) mass is 534 g/mol. The lowest BCUT2D eigenvalue weighted by Crippen LogP contribution is -2.46. The van der Waals surface area contributed by atoms with E-state index in [1.807, 2.05) is 12.3 Å². The molecule has 1 aliphatic carbocycles. The Hall–Kier alpha value is -3.33. The molecule has 39 heavy (non-hydrogen) atoms. The molecule has 0 aromatic carbocycles. The van der Waals surface area contributed by atoms with E-state index < -0.39 is 0 Å². The van der Waals surface area contributed by atoms with Gasteiger partial charge in [0.1, 0.15) is 23.2 Å². The first-order valence-corrected chi connectivity index (χ1v) is 14.4. The van der Waals surface area contributed by atoms with Gasteiger partial charge in [0.2, 0.25) is 0 Å². The second kappa shape index (κ2) is 13.2. The van der Waals surface area contributed by atoms with Crippen molar-refractivity contribution in [2.45, 2.75) is 58.4 Å². The van der Waals surface area contributed by atoms with Crippen molar-refractivity contribution in [3.8, 4) is 0 Å². The van der Waals surface area contributed by atoms with Crippen LogP contribution in [0.2, 0.25) is 0 Å². The molecule has 9 nitrogen and oxygen atoms in total. The number of nitrogens with zero attached hydrogens (tertiary/aromatic N) is 5. The Labute approximate surface area is 233 Å². The molecule has 2 aromatic rings. The van der Waals surface area contributed by atoms with Crippen molar-refractivity contribution in [3.63, 3.8) is 0 Å². The van der Waals surface area contributed by atoms with Gasteiger partial charge in [0.05, 0.1) is 11.9 Å². The maximum absolute atomic E-state index is 13.0. The average molecular weight is 535 g/mol. The fraction of sp³-hybridized carbons (Fsp3) is 0.567. The lowest BCUT2D eigenvalue weighted by Gasteiger charge is -2.36. The Morgan fingerprint density at radius 1 is 1.18 bits per heavy atom. The number of hydrogen-bond acceptors (Lipinski definition) is 7. The molecule has 9 heteroatoms. The molecule has 0 unspecified atom stereocenters. The van der Waals surface area contributed by atoms with Gasteiger partial charge in [-0.15, -0.1) is 0 Å². The summed E-state index contributed by atoms with van der Waals surface area (Å²) in [6.45, 7) is 14.2. The van der Waals surface area contributed by atoms with E-state index in [4.69, 9.17) is 5.41 Å². The molecular formula is C30H46N8O. The van der Waals surface area contributed by atoms with Gasteiger partial charge in [0.25, 0.3) is 5.91 Å². The Bertz CT molecular complexity index is 1120. The van der Waals surface area contributed by atoms with Gasteiger partial charge < -0.3 is 30.4 Å². The topological polar surface area (TPSA) is 92.5 Å². The fourth-order valence-electron chi connectivity index (χ4n) is 5.65. The molecule has 0 atom stereocenters. The number of carbonyl (C=O) groups excluding carboxylic acids is 1. The van der Waals surface area contributed by atoms with Crippen LogP contribution in [-0.4, -0.2) is 78.3 Å². The van der Waals surface area contributed by atoms with Crippen molar-refractivity contribution in [1.82, 2.24) is 19.4 Å². The zero-order chi connectivity index (χ0) is 27.9. The van der Waals surface area contributed by atoms with E-state index >= 15 is 0 Å². The molecule has 0 spiro atoms. The van der Waals surface area contributed by atoms with Gasteiger partial charge in [-0.3, -0.25) is 9.69 Å². The molecule has 1 saturated heterocycles. The van der Waals surface area contributed by atoms with Crippen LogP contribution >= 0.6 is 0 Å². The van der Waals surface area contributed by atoms with Crippen molar-refractivity contribution < 1.29 is 4.79 Å². The van der Waals surface area contributed by atoms with E-state index in [1.54, 1.807) is 25.1 Å². The van der Waals surface area contributed by atoms with E-state index in [0.717, 1.165) is 69.3 Å². The SMILES string of the molecule is C=C(Nc1ccc(N2CCN(CCCC(C)C)CC2)cn1)Nc1c(C=N)cc(C(=O)N(C)C)n1C1CCCC1. The van der Waals surface area contributed by atoms with Crippen LogP contribution in [0.4, 0.5) is 17.3 Å². The van der Waals surface area contributed by atoms with Crippen LogP contribution in [0.25, 0.3) is 0 Å². The van der Waals surface area contributed by atoms with E-state index in [-0.39, 0.29) is 11.9 Å². The average Bonchev–Trinajstić information content (AvgIpc) is 3.57. The van der Waals surface area contributed by atoms with Gasteiger partial charge in [-0.25, -0.2) is 4.98 Å². The van der Waals surface area contributed by atoms with E-state index in [1.165, 1.54) is 25.6 Å². The summed E-state index contributed by atoms with van der Waals surface area (Å²) in [6, 6.07) is 6.11. The number of anilines is 3. The third-order valence-corrected chi connectivity index (χ3v) is 7.83. The normalized spacial score (nSPS) is 16.5. The predicted molar refractivity (Wildman–Crippen MR) is 161 cm³/mol. The Kier molecular flexibility index (Phi) is 9.67. The van der Waals surface area contributed by atoms with Crippen molar-refractivity contribution in [2.24, 2.45) is 5.92 Å². The summed E-state index contributed by atoms with van der Waals surface area (Å²) in [5.41, 5.74) is 2.40. The predicted octanol–water partition coefficient (Wildman–Crippen LogP) is 5.25. The second-order valence-corrected chi connectivity index (χ2v) is 11.5. The van der Waals surface area contributed by atoms with Crippen molar-refractivity contribution >= 4 is 29.4 Å². The lowest BCUT2D eigenvalue weighted by atomic mass is 10.1. The third-order valence-electron chi connectivity index (χ3n) is 7.83. The molecule has 0 bridgehead atoms. The van der Waals surface area contributed by atoms with Crippen LogP contribution in [0, 0.1) is 11.3 Å². The molecular weight excluding hydrogens is 488 g/mol. The summed E-state index contributed by atoms with van der Waals surface area (Å²) >= 11 is 0. The molecule has 0 radical (unpaired) electrons. The zero-order valence-corrected chi connectivity index (χ0v) is 24.2. The minimum absolute atomic E-state index is 0.0646. The van der Waals surface area contributed by atoms with Crippen molar-refractivity contribution in [1.29, 1.82) is 5.41 Å². The molecule has 3 N–H and O–H groups in total. The zero-order valence-electron chi connectivity index (χ0n) is 24.2. The molecule has 2 aliphatic rings. The number of piperazine rings is 1. The standard InChI is InChI=1S/C30H46N8O/c1-22(2)9-8-14-36-15-17-37(18-16-36)26-12-13-28(32-21-26)33-23(3)34-29-24(20-31)19-27(30(39)35(4)5)38(29)25-10-6-7-11-25/h12-13,19-22,25,31,34H,3,6-11,14-18H2,1-2,4-5H3,(H,32,33).